The fourth-order valence-electron chi connectivity index (χ4n) is 5.91. The van der Waals surface area contributed by atoms with E-state index in [0.29, 0.717) is 11.3 Å². The predicted molar refractivity (Wildman–Crippen MR) is 169 cm³/mol. The first-order valence-electron chi connectivity index (χ1n) is 13.8. The van der Waals surface area contributed by atoms with Gasteiger partial charge in [0.15, 0.2) is 0 Å². The van der Waals surface area contributed by atoms with Gasteiger partial charge >= 0.3 is 0 Å². The third kappa shape index (κ3) is 4.05. The number of azo groups is 1. The van der Waals surface area contributed by atoms with Crippen LogP contribution in [0.15, 0.2) is 123 Å². The maximum absolute atomic E-state index is 10.4. The molecule has 42 heavy (non-hydrogen) atoms. The van der Waals surface area contributed by atoms with Gasteiger partial charge in [0.2, 0.25) is 5.72 Å². The van der Waals surface area contributed by atoms with E-state index in [4.69, 9.17) is 9.73 Å². The summed E-state index contributed by atoms with van der Waals surface area (Å²) < 4.78 is 6.81. The molecule has 2 aliphatic heterocycles. The number of hydrogen-bond donors (Lipinski definition) is 1. The van der Waals surface area contributed by atoms with Gasteiger partial charge in [-0.15, -0.1) is 0 Å². The average molecular weight is 552 g/mol. The second-order valence-corrected chi connectivity index (χ2v) is 11.1. The molecule has 0 saturated carbocycles. The fraction of sp³-hybridized carbons (Fsp3) is 0.143. The van der Waals surface area contributed by atoms with E-state index in [-0.39, 0.29) is 11.2 Å². The van der Waals surface area contributed by atoms with Crippen molar-refractivity contribution in [2.75, 3.05) is 11.9 Å². The highest BCUT2D eigenvalue weighted by Gasteiger charge is 2.58. The van der Waals surface area contributed by atoms with Crippen LogP contribution in [0.4, 0.5) is 28.4 Å². The average Bonchev–Trinajstić information content (AvgIpc) is 3.18. The third-order valence-corrected chi connectivity index (χ3v) is 8.31. The van der Waals surface area contributed by atoms with Crippen molar-refractivity contribution in [3.05, 3.63) is 114 Å². The Morgan fingerprint density at radius 2 is 1.57 bits per heavy atom. The molecule has 0 bridgehead atoms. The molecule has 206 valence electrons. The number of likely N-dealkylation sites (N-methyl/N-ethyl adjacent to an activating group) is 1. The van der Waals surface area contributed by atoms with Crippen molar-refractivity contribution in [1.29, 1.82) is 0 Å². The van der Waals surface area contributed by atoms with Crippen LogP contribution in [0.1, 0.15) is 25.0 Å². The molecule has 0 fully saturated rings. The smallest absolute Gasteiger partial charge is 0.228 e. The van der Waals surface area contributed by atoms with Gasteiger partial charge in [-0.2, -0.15) is 10.2 Å². The zero-order valence-electron chi connectivity index (χ0n) is 23.6. The molecule has 1 N–H and O–H groups in total. The standard InChI is InChI=1S/C35H29N5O2/c1-34(2)29-11-7-8-12-30(29)40(3)35(34)22-37-33-28-16-14-26(19-23(28)13-18-32(33)42-35)36-21-24-20-27(15-17-31(24)41)39-38-25-9-5-4-6-10-25/h4-22,41H,1-3H3. The zero-order valence-corrected chi connectivity index (χ0v) is 23.6. The second-order valence-electron chi connectivity index (χ2n) is 11.1. The van der Waals surface area contributed by atoms with E-state index in [1.165, 1.54) is 5.56 Å². The Morgan fingerprint density at radius 3 is 2.40 bits per heavy atom. The minimum atomic E-state index is -0.723. The Balaban J connectivity index is 1.17. The number of hydrogen-bond acceptors (Lipinski definition) is 7. The summed E-state index contributed by atoms with van der Waals surface area (Å²) in [7, 11) is 2.07. The Labute approximate surface area is 244 Å². The first kappa shape index (κ1) is 25.7. The predicted octanol–water partition coefficient (Wildman–Crippen LogP) is 8.93. The van der Waals surface area contributed by atoms with E-state index in [1.54, 1.807) is 24.4 Å². The Morgan fingerprint density at radius 1 is 0.810 bits per heavy atom. The van der Waals surface area contributed by atoms with Crippen LogP contribution >= 0.6 is 0 Å². The third-order valence-electron chi connectivity index (χ3n) is 8.31. The number of benzene rings is 5. The Kier molecular flexibility index (Phi) is 5.90. The number of fused-ring (bicyclic) bond motifs is 4. The Hall–Kier alpha value is -5.30. The largest absolute Gasteiger partial charge is 0.507 e. The number of para-hydroxylation sites is 1. The zero-order chi connectivity index (χ0) is 28.9. The number of aromatic hydroxyl groups is 1. The van der Waals surface area contributed by atoms with E-state index >= 15 is 0 Å². The molecule has 0 aliphatic carbocycles. The minimum absolute atomic E-state index is 0.120. The van der Waals surface area contributed by atoms with E-state index < -0.39 is 5.72 Å². The van der Waals surface area contributed by atoms with E-state index in [2.05, 4.69) is 65.3 Å². The molecule has 7 nitrogen and oxygen atoms in total. The monoisotopic (exact) mass is 551 g/mol. The summed E-state index contributed by atoms with van der Waals surface area (Å²) in [6.07, 6.45) is 3.59. The van der Waals surface area contributed by atoms with Crippen molar-refractivity contribution >= 4 is 51.6 Å². The van der Waals surface area contributed by atoms with Crippen molar-refractivity contribution in [3.63, 3.8) is 0 Å². The number of rotatable bonds is 4. The topological polar surface area (TPSA) is 82.1 Å². The molecule has 5 aromatic carbocycles. The second kappa shape index (κ2) is 9.66. The number of anilines is 1. The molecular formula is C35H29N5O2. The van der Waals surface area contributed by atoms with Crippen molar-refractivity contribution in [3.8, 4) is 11.5 Å². The van der Waals surface area contributed by atoms with Gasteiger partial charge in [-0.1, -0.05) is 42.5 Å². The number of nitrogens with zero attached hydrogens (tertiary/aromatic N) is 5. The molecule has 7 rings (SSSR count). The molecule has 7 heteroatoms. The lowest BCUT2D eigenvalue weighted by Gasteiger charge is -2.45. The fourth-order valence-corrected chi connectivity index (χ4v) is 5.91. The van der Waals surface area contributed by atoms with Gasteiger partial charge in [0.05, 0.1) is 28.7 Å². The molecule has 1 unspecified atom stereocenters. The lowest BCUT2D eigenvalue weighted by molar-refractivity contribution is 0.0826. The first-order chi connectivity index (χ1) is 20.4. The number of aliphatic imine (C=N–C) groups is 2. The van der Waals surface area contributed by atoms with E-state index in [9.17, 15) is 5.11 Å². The van der Waals surface area contributed by atoms with Gasteiger partial charge in [0.25, 0.3) is 0 Å². The quantitative estimate of drug-likeness (QED) is 0.179. The van der Waals surface area contributed by atoms with Crippen LogP contribution in [0.25, 0.3) is 10.8 Å². The van der Waals surface area contributed by atoms with Crippen molar-refractivity contribution in [2.24, 2.45) is 20.2 Å². The van der Waals surface area contributed by atoms with Crippen LogP contribution in [0, 0.1) is 0 Å². The Bertz CT molecular complexity index is 1930. The van der Waals surface area contributed by atoms with Gasteiger partial charge in [0.1, 0.15) is 17.2 Å². The van der Waals surface area contributed by atoms with E-state index in [1.807, 2.05) is 66.9 Å². The maximum atomic E-state index is 10.4. The highest BCUT2D eigenvalue weighted by molar-refractivity contribution is 6.01. The van der Waals surface area contributed by atoms with Crippen molar-refractivity contribution in [2.45, 2.75) is 25.0 Å². The lowest BCUT2D eigenvalue weighted by Crippen LogP contribution is -2.61. The highest BCUT2D eigenvalue weighted by atomic mass is 16.5. The summed E-state index contributed by atoms with van der Waals surface area (Å²) in [6, 6.07) is 33.0. The van der Waals surface area contributed by atoms with Gasteiger partial charge in [-0.25, -0.2) is 0 Å². The van der Waals surface area contributed by atoms with Gasteiger partial charge in [0, 0.05) is 29.9 Å². The first-order valence-corrected chi connectivity index (χ1v) is 13.8. The summed E-state index contributed by atoms with van der Waals surface area (Å²) >= 11 is 0. The number of phenolic OH excluding ortho intramolecular Hbond substituents is 1. The number of ether oxygens (including phenoxy) is 1. The molecule has 5 aromatic rings. The molecule has 0 radical (unpaired) electrons. The lowest BCUT2D eigenvalue weighted by atomic mass is 9.77. The van der Waals surface area contributed by atoms with Gasteiger partial charge in [-0.05, 0) is 85.5 Å². The maximum Gasteiger partial charge on any atom is 0.228 e. The molecule has 0 amide bonds. The van der Waals surface area contributed by atoms with Crippen molar-refractivity contribution < 1.29 is 9.84 Å². The summed E-state index contributed by atoms with van der Waals surface area (Å²) in [5.74, 6) is 0.870. The molecule has 2 heterocycles. The van der Waals surface area contributed by atoms with Gasteiger partial charge in [-0.3, -0.25) is 9.98 Å². The molecule has 0 saturated heterocycles. The summed E-state index contributed by atoms with van der Waals surface area (Å²) in [5, 5.41) is 20.9. The highest BCUT2D eigenvalue weighted by Crippen LogP contribution is 2.54. The van der Waals surface area contributed by atoms with Crippen LogP contribution in [0.3, 0.4) is 0 Å². The van der Waals surface area contributed by atoms with Crippen LogP contribution < -0.4 is 9.64 Å². The summed E-state index contributed by atoms with van der Waals surface area (Å²) in [4.78, 5) is 11.8. The molecule has 1 atom stereocenters. The molecule has 1 spiro atoms. The SMILES string of the molecule is CN1c2ccccc2C(C)(C)C12C=Nc1c(ccc3cc(N=Cc4cc(N=Nc5ccccc5)ccc4O)ccc13)O2. The molecule has 0 aromatic heterocycles. The van der Waals surface area contributed by atoms with Crippen LogP contribution in [0.2, 0.25) is 0 Å². The molecular weight excluding hydrogens is 522 g/mol. The van der Waals surface area contributed by atoms with Gasteiger partial charge < -0.3 is 14.7 Å². The summed E-state index contributed by atoms with van der Waals surface area (Å²) in [6.45, 7) is 4.41. The van der Waals surface area contributed by atoms with Crippen LogP contribution in [-0.2, 0) is 5.41 Å². The molecule has 2 aliphatic rings. The van der Waals surface area contributed by atoms with E-state index in [0.717, 1.165) is 39.3 Å². The van der Waals surface area contributed by atoms with Crippen LogP contribution in [-0.4, -0.2) is 30.3 Å². The van der Waals surface area contributed by atoms with Crippen molar-refractivity contribution in [1.82, 2.24) is 0 Å². The number of phenols is 1. The minimum Gasteiger partial charge on any atom is -0.507 e. The van der Waals surface area contributed by atoms with Crippen LogP contribution in [0.5, 0.6) is 11.5 Å². The summed E-state index contributed by atoms with van der Waals surface area (Å²) in [5.41, 5.74) is 4.85. The normalized spacial score (nSPS) is 18.6.